The van der Waals surface area contributed by atoms with Gasteiger partial charge in [0.15, 0.2) is 0 Å². The van der Waals surface area contributed by atoms with Gasteiger partial charge in [0.05, 0.1) is 0 Å². The summed E-state index contributed by atoms with van der Waals surface area (Å²) in [6.07, 6.45) is 0. The fourth-order valence-electron chi connectivity index (χ4n) is 1.52. The van der Waals surface area contributed by atoms with Gasteiger partial charge in [-0.1, -0.05) is 12.1 Å². The van der Waals surface area contributed by atoms with Crippen LogP contribution in [0.3, 0.4) is 0 Å². The van der Waals surface area contributed by atoms with Crippen molar-refractivity contribution in [1.29, 1.82) is 0 Å². The van der Waals surface area contributed by atoms with Gasteiger partial charge in [0.25, 0.3) is 0 Å². The molecule has 17 heavy (non-hydrogen) atoms. The van der Waals surface area contributed by atoms with Crippen LogP contribution in [0.1, 0.15) is 11.6 Å². The molecule has 0 amide bonds. The van der Waals surface area contributed by atoms with E-state index in [1.54, 1.807) is 20.2 Å². The molecule has 0 saturated carbocycles. The van der Waals surface area contributed by atoms with Crippen molar-refractivity contribution in [3.63, 3.8) is 0 Å². The Morgan fingerprint density at radius 3 is 2.53 bits per heavy atom. The van der Waals surface area contributed by atoms with Crippen LogP contribution in [0, 0.1) is 0 Å². The minimum absolute atomic E-state index is 0.0504. The second-order valence-electron chi connectivity index (χ2n) is 3.66. The number of ether oxygens (including phenoxy) is 1. The summed E-state index contributed by atoms with van der Waals surface area (Å²) in [6.45, 7) is -2.92. The van der Waals surface area contributed by atoms with E-state index >= 15 is 0 Å². The zero-order valence-corrected chi connectivity index (χ0v) is 9.43. The zero-order valence-electron chi connectivity index (χ0n) is 9.43. The Morgan fingerprint density at radius 1 is 1.41 bits per heavy atom. The van der Waals surface area contributed by atoms with Crippen molar-refractivity contribution in [1.82, 2.24) is 4.90 Å². The lowest BCUT2D eigenvalue weighted by atomic mass is 10.1. The third-order valence-corrected chi connectivity index (χ3v) is 2.15. The van der Waals surface area contributed by atoms with E-state index in [0.717, 1.165) is 0 Å². The Bertz CT molecular complexity index is 396. The maximum Gasteiger partial charge on any atom is 0.387 e. The third-order valence-electron chi connectivity index (χ3n) is 2.15. The molecule has 1 aromatic rings. The predicted molar refractivity (Wildman–Crippen MR) is 57.1 cm³/mol. The molecule has 1 unspecified atom stereocenters. The summed E-state index contributed by atoms with van der Waals surface area (Å²) in [5.74, 6) is -1.10. The highest BCUT2D eigenvalue weighted by molar-refractivity contribution is 5.75. The molecule has 0 bridgehead atoms. The van der Waals surface area contributed by atoms with Gasteiger partial charge in [-0.25, -0.2) is 0 Å². The summed E-state index contributed by atoms with van der Waals surface area (Å²) in [5.41, 5.74) is 0.389. The van der Waals surface area contributed by atoms with Crippen LogP contribution in [-0.2, 0) is 4.79 Å². The maximum atomic E-state index is 12.0. The first-order valence-corrected chi connectivity index (χ1v) is 4.86. The summed E-state index contributed by atoms with van der Waals surface area (Å²) in [7, 11) is 3.19. The molecule has 0 aromatic heterocycles. The number of aliphatic carboxylic acids is 1. The topological polar surface area (TPSA) is 49.8 Å². The molecule has 0 saturated heterocycles. The minimum atomic E-state index is -2.92. The molecule has 0 spiro atoms. The summed E-state index contributed by atoms with van der Waals surface area (Å²) in [5, 5.41) is 9.04. The molecule has 0 heterocycles. The molecule has 4 nitrogen and oxygen atoms in total. The number of halogens is 2. The molecule has 94 valence electrons. The molecule has 0 aliphatic heterocycles. The number of hydrogen-bond donors (Lipinski definition) is 1. The van der Waals surface area contributed by atoms with Crippen LogP contribution in [0.5, 0.6) is 5.75 Å². The molecule has 1 atom stereocenters. The van der Waals surface area contributed by atoms with E-state index in [0.29, 0.717) is 5.56 Å². The first kappa shape index (κ1) is 13.4. The molecule has 0 aliphatic rings. The number of carboxylic acids is 1. The summed E-state index contributed by atoms with van der Waals surface area (Å²) in [4.78, 5) is 12.5. The minimum Gasteiger partial charge on any atom is -0.480 e. The molecule has 0 aliphatic carbocycles. The SMILES string of the molecule is CN(C)C(C(=O)O)c1cccc(OC(F)F)c1. The maximum absolute atomic E-state index is 12.0. The van der Waals surface area contributed by atoms with E-state index in [2.05, 4.69) is 4.74 Å². The molecular formula is C11H13F2NO3. The first-order chi connectivity index (χ1) is 7.91. The van der Waals surface area contributed by atoms with Crippen LogP contribution >= 0.6 is 0 Å². The predicted octanol–water partition coefficient (Wildman–Crippen LogP) is 1.98. The summed E-state index contributed by atoms with van der Waals surface area (Å²) >= 11 is 0. The normalized spacial score (nSPS) is 12.8. The Balaban J connectivity index is 3.00. The van der Waals surface area contributed by atoms with E-state index in [4.69, 9.17) is 5.11 Å². The van der Waals surface area contributed by atoms with Crippen molar-refractivity contribution in [3.8, 4) is 5.75 Å². The van der Waals surface area contributed by atoms with Crippen molar-refractivity contribution >= 4 is 5.97 Å². The van der Waals surface area contributed by atoms with Crippen LogP contribution < -0.4 is 4.74 Å². The van der Waals surface area contributed by atoms with Crippen LogP contribution in [-0.4, -0.2) is 36.7 Å². The van der Waals surface area contributed by atoms with Crippen molar-refractivity contribution in [2.24, 2.45) is 0 Å². The number of alkyl halides is 2. The lowest BCUT2D eigenvalue weighted by Gasteiger charge is -2.20. The molecule has 0 fully saturated rings. The van der Waals surface area contributed by atoms with Crippen molar-refractivity contribution in [2.75, 3.05) is 14.1 Å². The zero-order chi connectivity index (χ0) is 13.0. The van der Waals surface area contributed by atoms with Gasteiger partial charge in [-0.05, 0) is 31.8 Å². The number of carbonyl (C=O) groups is 1. The fraction of sp³-hybridized carbons (Fsp3) is 0.364. The van der Waals surface area contributed by atoms with Crippen LogP contribution in [0.2, 0.25) is 0 Å². The number of benzene rings is 1. The number of likely N-dealkylation sites (N-methyl/N-ethyl adjacent to an activating group) is 1. The van der Waals surface area contributed by atoms with E-state index in [9.17, 15) is 13.6 Å². The van der Waals surface area contributed by atoms with E-state index in [-0.39, 0.29) is 5.75 Å². The highest BCUT2D eigenvalue weighted by atomic mass is 19.3. The third kappa shape index (κ3) is 3.67. The quantitative estimate of drug-likeness (QED) is 0.861. The fourth-order valence-corrected chi connectivity index (χ4v) is 1.52. The van der Waals surface area contributed by atoms with Gasteiger partial charge in [-0.15, -0.1) is 0 Å². The van der Waals surface area contributed by atoms with Crippen LogP contribution in [0.4, 0.5) is 8.78 Å². The number of rotatable bonds is 5. The average molecular weight is 245 g/mol. The van der Waals surface area contributed by atoms with Gasteiger partial charge in [-0.3, -0.25) is 9.69 Å². The largest absolute Gasteiger partial charge is 0.480 e. The van der Waals surface area contributed by atoms with Crippen molar-refractivity contribution in [2.45, 2.75) is 12.7 Å². The van der Waals surface area contributed by atoms with Crippen LogP contribution in [0.15, 0.2) is 24.3 Å². The van der Waals surface area contributed by atoms with Gasteiger partial charge in [0.1, 0.15) is 11.8 Å². The summed E-state index contributed by atoms with van der Waals surface area (Å²) in [6, 6.07) is 4.79. The molecule has 0 radical (unpaired) electrons. The number of hydrogen-bond acceptors (Lipinski definition) is 3. The van der Waals surface area contributed by atoms with Crippen molar-refractivity contribution in [3.05, 3.63) is 29.8 Å². The smallest absolute Gasteiger partial charge is 0.387 e. The standard InChI is InChI=1S/C11H13F2NO3/c1-14(2)9(10(15)16)7-4-3-5-8(6-7)17-11(12)13/h3-6,9,11H,1-2H3,(H,15,16). The molecule has 6 heteroatoms. The van der Waals surface area contributed by atoms with Crippen LogP contribution in [0.25, 0.3) is 0 Å². The van der Waals surface area contributed by atoms with E-state index < -0.39 is 18.6 Å². The van der Waals surface area contributed by atoms with Gasteiger partial charge < -0.3 is 9.84 Å². The molecule has 1 rings (SSSR count). The Morgan fingerprint density at radius 2 is 2.06 bits per heavy atom. The Hall–Kier alpha value is -1.69. The number of nitrogens with zero attached hydrogens (tertiary/aromatic N) is 1. The monoisotopic (exact) mass is 245 g/mol. The molecule has 1 aromatic carbocycles. The first-order valence-electron chi connectivity index (χ1n) is 4.86. The number of carboxylic acid groups (broad SMARTS) is 1. The van der Waals surface area contributed by atoms with Gasteiger partial charge >= 0.3 is 12.6 Å². The Labute approximate surface area is 97.4 Å². The second-order valence-corrected chi connectivity index (χ2v) is 3.66. The highest BCUT2D eigenvalue weighted by Gasteiger charge is 2.22. The van der Waals surface area contributed by atoms with E-state index in [1.165, 1.54) is 23.1 Å². The second kappa shape index (κ2) is 5.58. The lowest BCUT2D eigenvalue weighted by Crippen LogP contribution is -2.27. The van der Waals surface area contributed by atoms with Gasteiger partial charge in [0, 0.05) is 0 Å². The lowest BCUT2D eigenvalue weighted by molar-refractivity contribution is -0.142. The Kier molecular flexibility index (Phi) is 4.39. The highest BCUT2D eigenvalue weighted by Crippen LogP contribution is 2.23. The van der Waals surface area contributed by atoms with E-state index in [1.807, 2.05) is 0 Å². The summed E-state index contributed by atoms with van der Waals surface area (Å²) < 4.78 is 28.3. The average Bonchev–Trinajstić information content (AvgIpc) is 2.15. The molecular weight excluding hydrogens is 232 g/mol. The van der Waals surface area contributed by atoms with Gasteiger partial charge in [0.2, 0.25) is 0 Å². The molecule has 1 N–H and O–H groups in total. The van der Waals surface area contributed by atoms with Crippen molar-refractivity contribution < 1.29 is 23.4 Å². The van der Waals surface area contributed by atoms with Gasteiger partial charge in [-0.2, -0.15) is 8.78 Å².